The van der Waals surface area contributed by atoms with Gasteiger partial charge in [0, 0.05) is 4.92 Å². The molecule has 0 radical (unpaired) electrons. The maximum Gasteiger partial charge on any atom is 0.248 e. The number of nitro groups is 1. The highest BCUT2D eigenvalue weighted by Crippen LogP contribution is 2.42. The highest BCUT2D eigenvalue weighted by molar-refractivity contribution is 5.47. The van der Waals surface area contributed by atoms with Crippen molar-refractivity contribution in [3.8, 4) is 29.1 Å². The summed E-state index contributed by atoms with van der Waals surface area (Å²) in [6.45, 7) is 3.95. The number of aliphatic hydroxyl groups excluding tert-OH is 1. The molecule has 0 spiro atoms. The van der Waals surface area contributed by atoms with Gasteiger partial charge in [0.05, 0.1) is 32.1 Å². The lowest BCUT2D eigenvalue weighted by atomic mass is 9.67. The fourth-order valence-electron chi connectivity index (χ4n) is 4.57. The summed E-state index contributed by atoms with van der Waals surface area (Å²) in [4.78, 5) is 11.3. The number of aliphatic hydroxyl groups is 1. The summed E-state index contributed by atoms with van der Waals surface area (Å²) in [5.74, 6) is 1.98. The summed E-state index contributed by atoms with van der Waals surface area (Å²) < 4.78 is 22.1. The van der Waals surface area contributed by atoms with Crippen molar-refractivity contribution in [2.45, 2.75) is 63.4 Å². The largest absolute Gasteiger partial charge is 0.493 e. The van der Waals surface area contributed by atoms with Crippen molar-refractivity contribution in [2.24, 2.45) is 5.92 Å². The summed E-state index contributed by atoms with van der Waals surface area (Å²) >= 11 is 0. The van der Waals surface area contributed by atoms with E-state index in [9.17, 15) is 20.5 Å². The van der Waals surface area contributed by atoms with Crippen LogP contribution in [0.25, 0.3) is 0 Å². The van der Waals surface area contributed by atoms with Crippen molar-refractivity contribution in [3.05, 3.63) is 58.1 Å². The fraction of sp³-hybridized carbons (Fsp3) is 0.500. The number of benzene rings is 2. The van der Waals surface area contributed by atoms with Gasteiger partial charge in [0.1, 0.15) is 6.10 Å². The summed E-state index contributed by atoms with van der Waals surface area (Å²) in [6, 6.07) is 13.5. The number of rotatable bonds is 12. The first kappa shape index (κ1) is 26.1. The Morgan fingerprint density at radius 1 is 1.17 bits per heavy atom. The van der Waals surface area contributed by atoms with E-state index in [0.29, 0.717) is 29.4 Å². The lowest BCUT2D eigenvalue weighted by Gasteiger charge is -2.34. The molecule has 0 amide bonds. The van der Waals surface area contributed by atoms with Gasteiger partial charge in [-0.25, -0.2) is 0 Å². The molecule has 1 N–H and O–H groups in total. The van der Waals surface area contributed by atoms with Crippen LogP contribution in [0.1, 0.15) is 45.1 Å². The first-order valence-electron chi connectivity index (χ1n) is 11.7. The van der Waals surface area contributed by atoms with Crippen LogP contribution in [0, 0.1) is 27.4 Å². The normalized spacial score (nSPS) is 17.0. The zero-order valence-electron chi connectivity index (χ0n) is 20.5. The zero-order valence-corrected chi connectivity index (χ0v) is 20.5. The van der Waals surface area contributed by atoms with Gasteiger partial charge in [-0.15, -0.1) is 0 Å². The number of nitriles is 1. The maximum atomic E-state index is 11.8. The van der Waals surface area contributed by atoms with Crippen LogP contribution in [-0.2, 0) is 5.41 Å². The van der Waals surface area contributed by atoms with Crippen LogP contribution < -0.4 is 18.9 Å². The third kappa shape index (κ3) is 5.43. The first-order chi connectivity index (χ1) is 16.8. The molecule has 0 saturated carbocycles. The highest BCUT2D eigenvalue weighted by atomic mass is 16.7. The van der Waals surface area contributed by atoms with E-state index in [1.807, 2.05) is 19.9 Å². The second-order valence-corrected chi connectivity index (χ2v) is 8.77. The average molecular weight is 485 g/mol. The molecule has 3 rings (SSSR count). The molecule has 1 aliphatic heterocycles. The fourth-order valence-corrected chi connectivity index (χ4v) is 4.57. The van der Waals surface area contributed by atoms with Crippen LogP contribution in [0.3, 0.4) is 0 Å². The topological polar surface area (TPSA) is 124 Å². The molecule has 35 heavy (non-hydrogen) atoms. The second kappa shape index (κ2) is 11.3. The van der Waals surface area contributed by atoms with Crippen LogP contribution in [-0.4, -0.2) is 42.7 Å². The smallest absolute Gasteiger partial charge is 0.248 e. The van der Waals surface area contributed by atoms with E-state index in [1.165, 1.54) is 14.2 Å². The van der Waals surface area contributed by atoms with E-state index in [2.05, 4.69) is 6.07 Å². The molecule has 0 aliphatic carbocycles. The minimum absolute atomic E-state index is 0.0531. The van der Waals surface area contributed by atoms with Crippen LogP contribution in [0.15, 0.2) is 42.5 Å². The predicted molar refractivity (Wildman–Crippen MR) is 128 cm³/mol. The summed E-state index contributed by atoms with van der Waals surface area (Å²) in [5, 5.41) is 33.1. The molecule has 2 aromatic carbocycles. The van der Waals surface area contributed by atoms with E-state index >= 15 is 0 Å². The Morgan fingerprint density at radius 3 is 2.31 bits per heavy atom. The standard InChI is InChI=1S/C26H32N2O7/c1-5-17(2)26(16-27,18-10-11-21(32-3)24(14-18)33-4)13-12-20(29)19(28(30)31)15-25-34-22-8-6-7-9-23(22)35-25/h6-11,14,17,19-20,25,29H,5,12-13,15H2,1-4H3. The monoisotopic (exact) mass is 484 g/mol. The SMILES string of the molecule is CCC(C)C(C#N)(CCC(O)C(CC1Oc2ccccc2O1)[N+](=O)[O-])c1ccc(OC)c(OC)c1. The van der Waals surface area contributed by atoms with E-state index in [1.54, 1.807) is 36.4 Å². The molecule has 4 unspecified atom stereocenters. The molecule has 9 heteroatoms. The van der Waals surface area contributed by atoms with Gasteiger partial charge in [-0.3, -0.25) is 10.1 Å². The van der Waals surface area contributed by atoms with Crippen molar-refractivity contribution >= 4 is 0 Å². The molecule has 4 atom stereocenters. The number of methoxy groups -OCH3 is 2. The average Bonchev–Trinajstić information content (AvgIpc) is 3.29. The molecular weight excluding hydrogens is 452 g/mol. The molecule has 1 heterocycles. The number of hydrogen-bond acceptors (Lipinski definition) is 8. The summed E-state index contributed by atoms with van der Waals surface area (Å²) in [5.41, 5.74) is -0.262. The molecule has 1 aliphatic rings. The van der Waals surface area contributed by atoms with Crippen molar-refractivity contribution in [1.82, 2.24) is 0 Å². The molecular formula is C26H32N2O7. The van der Waals surface area contributed by atoms with E-state index in [0.717, 1.165) is 5.56 Å². The minimum atomic E-state index is -1.31. The summed E-state index contributed by atoms with van der Waals surface area (Å²) in [7, 11) is 3.06. The van der Waals surface area contributed by atoms with Gasteiger partial charge >= 0.3 is 0 Å². The van der Waals surface area contributed by atoms with Crippen LogP contribution in [0.4, 0.5) is 0 Å². The minimum Gasteiger partial charge on any atom is -0.493 e. The maximum absolute atomic E-state index is 11.8. The van der Waals surface area contributed by atoms with Gasteiger partial charge < -0.3 is 24.1 Å². The quantitative estimate of drug-likeness (QED) is 0.345. The van der Waals surface area contributed by atoms with Gasteiger partial charge in [0.15, 0.2) is 23.0 Å². The van der Waals surface area contributed by atoms with Crippen molar-refractivity contribution in [3.63, 3.8) is 0 Å². The molecule has 0 bridgehead atoms. The Labute approximate surface area is 205 Å². The number of fused-ring (bicyclic) bond motifs is 1. The van der Waals surface area contributed by atoms with Crippen molar-refractivity contribution in [2.75, 3.05) is 14.2 Å². The zero-order chi connectivity index (χ0) is 25.6. The van der Waals surface area contributed by atoms with Crippen LogP contribution in [0.5, 0.6) is 23.0 Å². The molecule has 0 fully saturated rings. The Hall–Kier alpha value is -3.51. The van der Waals surface area contributed by atoms with Crippen LogP contribution >= 0.6 is 0 Å². The second-order valence-electron chi connectivity index (χ2n) is 8.77. The lowest BCUT2D eigenvalue weighted by Crippen LogP contribution is -2.41. The third-order valence-electron chi connectivity index (χ3n) is 6.90. The van der Waals surface area contributed by atoms with E-state index < -0.39 is 28.8 Å². The Morgan fingerprint density at radius 2 is 1.80 bits per heavy atom. The van der Waals surface area contributed by atoms with Gasteiger partial charge in [-0.05, 0) is 48.6 Å². The lowest BCUT2D eigenvalue weighted by molar-refractivity contribution is -0.538. The number of nitrogens with zero attached hydrogens (tertiary/aromatic N) is 2. The van der Waals surface area contributed by atoms with Crippen molar-refractivity contribution < 1.29 is 29.0 Å². The molecule has 2 aromatic rings. The highest BCUT2D eigenvalue weighted by Gasteiger charge is 2.42. The Bertz CT molecular complexity index is 1040. The van der Waals surface area contributed by atoms with E-state index in [4.69, 9.17) is 18.9 Å². The molecule has 0 aromatic heterocycles. The summed E-state index contributed by atoms with van der Waals surface area (Å²) in [6.07, 6.45) is -1.29. The Balaban J connectivity index is 1.79. The number of para-hydroxylation sites is 2. The molecule has 9 nitrogen and oxygen atoms in total. The predicted octanol–water partition coefficient (Wildman–Crippen LogP) is 4.49. The van der Waals surface area contributed by atoms with Crippen molar-refractivity contribution in [1.29, 1.82) is 5.26 Å². The van der Waals surface area contributed by atoms with Crippen LogP contribution in [0.2, 0.25) is 0 Å². The van der Waals surface area contributed by atoms with Gasteiger partial charge in [0.25, 0.3) is 0 Å². The molecule has 0 saturated heterocycles. The first-order valence-corrected chi connectivity index (χ1v) is 11.7. The number of hydrogen-bond donors (Lipinski definition) is 1. The van der Waals surface area contributed by atoms with Gasteiger partial charge in [-0.2, -0.15) is 5.26 Å². The van der Waals surface area contributed by atoms with Gasteiger partial charge in [-0.1, -0.05) is 38.5 Å². The third-order valence-corrected chi connectivity index (χ3v) is 6.90. The molecule has 188 valence electrons. The Kier molecular flexibility index (Phi) is 8.41. The van der Waals surface area contributed by atoms with Gasteiger partial charge in [0.2, 0.25) is 12.3 Å². The van der Waals surface area contributed by atoms with E-state index in [-0.39, 0.29) is 25.2 Å². The number of ether oxygens (including phenoxy) is 4.